The van der Waals surface area contributed by atoms with Crippen molar-refractivity contribution in [2.24, 2.45) is 0 Å². The molecule has 0 unspecified atom stereocenters. The van der Waals surface area contributed by atoms with Crippen LogP contribution >= 0.6 is 0 Å². The standard InChI is InChI=1S/C41H45F2N7O5/c1-40(2,3)55-39(52)50-27-41(42,43)21-30(50)26-53-37-45-34-24-47(35-16-10-14-29-13-8-9-15-32(29)35)18-17-33(34)36(46-37)48-19-20-49(31(23-48)22-44-4)38(51)54-25-28-11-6-5-7-12-28/h5-16,30-31H,17-27H2,1-3H3/t30-,31-/m0/s1. The number of carbonyl (C=O) groups excluding carboxylic acids is 2. The highest BCUT2D eigenvalue weighted by Crippen LogP contribution is 2.36. The molecule has 0 spiro atoms. The van der Waals surface area contributed by atoms with E-state index in [9.17, 15) is 18.4 Å². The number of ether oxygens (including phenoxy) is 3. The summed E-state index contributed by atoms with van der Waals surface area (Å²) in [4.78, 5) is 46.6. The molecule has 2 saturated heterocycles. The van der Waals surface area contributed by atoms with E-state index >= 15 is 0 Å². The van der Waals surface area contributed by atoms with Gasteiger partial charge in [-0.05, 0) is 44.2 Å². The Morgan fingerprint density at radius 3 is 2.45 bits per heavy atom. The fraction of sp³-hybridized carbons (Fsp3) is 0.439. The van der Waals surface area contributed by atoms with E-state index in [-0.39, 0.29) is 25.8 Å². The highest BCUT2D eigenvalue weighted by Gasteiger charge is 2.49. The Balaban J connectivity index is 1.16. The van der Waals surface area contributed by atoms with Crippen molar-refractivity contribution in [1.29, 1.82) is 0 Å². The second-order valence-electron chi connectivity index (χ2n) is 15.2. The van der Waals surface area contributed by atoms with E-state index in [0.29, 0.717) is 45.0 Å². The average molecular weight is 754 g/mol. The Morgan fingerprint density at radius 2 is 1.67 bits per heavy atom. The third-order valence-corrected chi connectivity index (χ3v) is 10.1. The van der Waals surface area contributed by atoms with Crippen molar-refractivity contribution >= 4 is 34.5 Å². The van der Waals surface area contributed by atoms with Crippen molar-refractivity contribution in [2.45, 2.75) is 70.4 Å². The highest BCUT2D eigenvalue weighted by atomic mass is 19.3. The lowest BCUT2D eigenvalue weighted by Gasteiger charge is -2.40. The molecule has 2 fully saturated rings. The first-order valence-corrected chi connectivity index (χ1v) is 18.6. The monoisotopic (exact) mass is 753 g/mol. The largest absolute Gasteiger partial charge is 0.461 e. The molecule has 288 valence electrons. The maximum absolute atomic E-state index is 14.7. The van der Waals surface area contributed by atoms with Crippen LogP contribution in [0.3, 0.4) is 0 Å². The van der Waals surface area contributed by atoms with Gasteiger partial charge in [0.15, 0.2) is 0 Å². The minimum Gasteiger partial charge on any atom is -0.461 e. The number of benzene rings is 3. The van der Waals surface area contributed by atoms with E-state index in [2.05, 4.69) is 38.9 Å². The number of likely N-dealkylation sites (tertiary alicyclic amines) is 1. The van der Waals surface area contributed by atoms with Crippen molar-refractivity contribution in [3.8, 4) is 6.01 Å². The van der Waals surface area contributed by atoms with Crippen molar-refractivity contribution in [1.82, 2.24) is 19.8 Å². The summed E-state index contributed by atoms with van der Waals surface area (Å²) >= 11 is 0. The van der Waals surface area contributed by atoms with E-state index < -0.39 is 48.8 Å². The number of hydrogen-bond donors (Lipinski definition) is 0. The molecule has 0 aliphatic carbocycles. The van der Waals surface area contributed by atoms with Gasteiger partial charge < -0.3 is 28.9 Å². The molecular weight excluding hydrogens is 708 g/mol. The molecule has 0 N–H and O–H groups in total. The lowest BCUT2D eigenvalue weighted by molar-refractivity contribution is -0.00277. The molecule has 14 heteroatoms. The van der Waals surface area contributed by atoms with Gasteiger partial charge in [-0.2, -0.15) is 9.97 Å². The van der Waals surface area contributed by atoms with Crippen LogP contribution in [0.15, 0.2) is 72.8 Å². The van der Waals surface area contributed by atoms with E-state index in [0.717, 1.165) is 38.2 Å². The number of halogens is 2. The Morgan fingerprint density at radius 1 is 0.909 bits per heavy atom. The number of aromatic nitrogens is 2. The number of piperazine rings is 1. The molecule has 2 amide bonds. The number of hydrogen-bond acceptors (Lipinski definition) is 9. The zero-order valence-corrected chi connectivity index (χ0v) is 31.3. The Kier molecular flexibility index (Phi) is 10.6. The maximum atomic E-state index is 14.7. The summed E-state index contributed by atoms with van der Waals surface area (Å²) in [5.41, 5.74) is 2.72. The van der Waals surface area contributed by atoms with Gasteiger partial charge in [-0.1, -0.05) is 66.7 Å². The van der Waals surface area contributed by atoms with Gasteiger partial charge in [-0.15, -0.1) is 0 Å². The molecule has 12 nitrogen and oxygen atoms in total. The van der Waals surface area contributed by atoms with Crippen LogP contribution in [0, 0.1) is 6.57 Å². The van der Waals surface area contributed by atoms with Gasteiger partial charge in [-0.3, -0.25) is 9.80 Å². The predicted octanol–water partition coefficient (Wildman–Crippen LogP) is 6.96. The second-order valence-corrected chi connectivity index (χ2v) is 15.2. The normalized spacial score (nSPS) is 19.5. The van der Waals surface area contributed by atoms with Crippen LogP contribution < -0.4 is 14.5 Å². The van der Waals surface area contributed by atoms with Crippen molar-refractivity contribution in [2.75, 3.05) is 55.7 Å². The summed E-state index contributed by atoms with van der Waals surface area (Å²) in [6, 6.07) is 22.4. The SMILES string of the molecule is [C-]#[N+]C[C@H]1CN(c2nc(OC[C@@H]3CC(F)(F)CN3C(=O)OC(C)(C)C)nc3c2CCN(c2cccc4ccccc24)C3)CCN1C(=O)OCc1ccccc1. The van der Waals surface area contributed by atoms with Gasteiger partial charge in [0.2, 0.25) is 6.54 Å². The molecule has 0 saturated carbocycles. The number of fused-ring (bicyclic) bond motifs is 2. The highest BCUT2D eigenvalue weighted by molar-refractivity contribution is 5.94. The summed E-state index contributed by atoms with van der Waals surface area (Å²) in [5, 5.41) is 2.23. The molecule has 0 radical (unpaired) electrons. The van der Waals surface area contributed by atoms with Crippen LogP contribution in [0.5, 0.6) is 6.01 Å². The summed E-state index contributed by atoms with van der Waals surface area (Å²) in [7, 11) is 0. The Hall–Kier alpha value is -5.71. The molecule has 55 heavy (non-hydrogen) atoms. The number of amides is 2. The van der Waals surface area contributed by atoms with E-state index in [4.69, 9.17) is 30.8 Å². The van der Waals surface area contributed by atoms with Gasteiger partial charge in [0.05, 0.1) is 24.8 Å². The maximum Gasteiger partial charge on any atom is 0.410 e. The number of anilines is 2. The number of alkyl halides is 2. The smallest absolute Gasteiger partial charge is 0.410 e. The van der Waals surface area contributed by atoms with Crippen LogP contribution in [0.25, 0.3) is 15.6 Å². The van der Waals surface area contributed by atoms with E-state index in [1.165, 1.54) is 0 Å². The van der Waals surface area contributed by atoms with Crippen LogP contribution in [-0.4, -0.2) is 101 Å². The zero-order valence-electron chi connectivity index (χ0n) is 31.3. The molecule has 3 aromatic carbocycles. The number of rotatable bonds is 8. The topological polar surface area (TPSA) is 105 Å². The molecule has 3 aliphatic rings. The first kappa shape index (κ1) is 37.6. The lowest BCUT2D eigenvalue weighted by atomic mass is 10.0. The first-order chi connectivity index (χ1) is 26.4. The predicted molar refractivity (Wildman–Crippen MR) is 203 cm³/mol. The Labute approximate surface area is 319 Å². The molecule has 1 aromatic heterocycles. The summed E-state index contributed by atoms with van der Waals surface area (Å²) < 4.78 is 46.7. The van der Waals surface area contributed by atoms with E-state index in [1.807, 2.05) is 48.5 Å². The van der Waals surface area contributed by atoms with Gasteiger partial charge in [0.1, 0.15) is 30.7 Å². The van der Waals surface area contributed by atoms with Gasteiger partial charge in [0, 0.05) is 49.2 Å². The minimum absolute atomic E-state index is 0.000644. The summed E-state index contributed by atoms with van der Waals surface area (Å²) in [6.07, 6.45) is -1.29. The molecule has 2 atom stereocenters. The minimum atomic E-state index is -3.11. The fourth-order valence-electron chi connectivity index (χ4n) is 7.51. The van der Waals surface area contributed by atoms with Crippen molar-refractivity contribution < 1.29 is 32.6 Å². The molecular formula is C41H45F2N7O5. The molecule has 0 bridgehead atoms. The van der Waals surface area contributed by atoms with Crippen LogP contribution in [0.2, 0.25) is 0 Å². The molecule has 4 aromatic rings. The lowest BCUT2D eigenvalue weighted by Crippen LogP contribution is -2.57. The second kappa shape index (κ2) is 15.6. The van der Waals surface area contributed by atoms with Gasteiger partial charge in [-0.25, -0.2) is 24.9 Å². The van der Waals surface area contributed by atoms with Crippen LogP contribution in [0.4, 0.5) is 29.9 Å². The van der Waals surface area contributed by atoms with Gasteiger partial charge >= 0.3 is 18.2 Å². The van der Waals surface area contributed by atoms with Crippen molar-refractivity contribution in [3.63, 3.8) is 0 Å². The average Bonchev–Trinajstić information content (AvgIpc) is 3.49. The molecule has 3 aliphatic heterocycles. The number of carbonyl (C=O) groups is 2. The third kappa shape index (κ3) is 8.66. The fourth-order valence-corrected chi connectivity index (χ4v) is 7.51. The molecule has 7 rings (SSSR count). The van der Waals surface area contributed by atoms with Crippen LogP contribution in [0.1, 0.15) is 44.0 Å². The molecule has 4 heterocycles. The zero-order chi connectivity index (χ0) is 38.7. The van der Waals surface area contributed by atoms with Crippen LogP contribution in [-0.2, 0) is 29.0 Å². The first-order valence-electron chi connectivity index (χ1n) is 18.6. The third-order valence-electron chi connectivity index (χ3n) is 10.1. The quantitative estimate of drug-likeness (QED) is 0.177. The Bertz CT molecular complexity index is 2070. The summed E-state index contributed by atoms with van der Waals surface area (Å²) in [6.45, 7) is 14.0. The van der Waals surface area contributed by atoms with Gasteiger partial charge in [0.25, 0.3) is 5.92 Å². The van der Waals surface area contributed by atoms with Crippen molar-refractivity contribution in [3.05, 3.63) is 101 Å². The number of nitrogens with zero attached hydrogens (tertiary/aromatic N) is 7. The summed E-state index contributed by atoms with van der Waals surface area (Å²) in [5.74, 6) is -2.49. The van der Waals surface area contributed by atoms with E-state index in [1.54, 1.807) is 25.7 Å².